The van der Waals surface area contributed by atoms with E-state index in [-0.39, 0.29) is 11.9 Å². The highest BCUT2D eigenvalue weighted by Crippen LogP contribution is 2.28. The van der Waals surface area contributed by atoms with Crippen LogP contribution >= 0.6 is 0 Å². The number of methoxy groups -OCH3 is 1. The Kier molecular flexibility index (Phi) is 4.69. The molecule has 1 saturated heterocycles. The van der Waals surface area contributed by atoms with E-state index in [1.807, 2.05) is 19.0 Å². The Morgan fingerprint density at radius 1 is 1.52 bits per heavy atom. The van der Waals surface area contributed by atoms with Gasteiger partial charge in [0.05, 0.1) is 24.5 Å². The van der Waals surface area contributed by atoms with Gasteiger partial charge in [-0.2, -0.15) is 0 Å². The summed E-state index contributed by atoms with van der Waals surface area (Å²) < 4.78 is 5.16. The van der Waals surface area contributed by atoms with Gasteiger partial charge in [-0.1, -0.05) is 6.07 Å². The second kappa shape index (κ2) is 6.32. The number of hydrogen-bond acceptors (Lipinski definition) is 5. The van der Waals surface area contributed by atoms with E-state index in [4.69, 9.17) is 10.5 Å². The molecule has 0 aliphatic carbocycles. The van der Waals surface area contributed by atoms with Crippen LogP contribution in [0.1, 0.15) is 16.8 Å². The lowest BCUT2D eigenvalue weighted by molar-refractivity contribution is 0.0700. The summed E-state index contributed by atoms with van der Waals surface area (Å²) in [4.78, 5) is 16.5. The molecule has 0 bridgehead atoms. The summed E-state index contributed by atoms with van der Waals surface area (Å²) in [6.07, 6.45) is 0.110. The molecule has 2 atom stereocenters. The number of ether oxygens (including phenoxy) is 1. The number of aliphatic hydroxyl groups excluding tert-OH is 1. The van der Waals surface area contributed by atoms with Gasteiger partial charge in [-0.25, -0.2) is 0 Å². The predicted octanol–water partition coefficient (Wildman–Crippen LogP) is 0.414. The van der Waals surface area contributed by atoms with Gasteiger partial charge < -0.3 is 25.4 Å². The lowest BCUT2D eigenvalue weighted by atomic mass is 10.1. The molecule has 6 nitrogen and oxygen atoms in total. The second-order valence-corrected chi connectivity index (χ2v) is 5.68. The maximum Gasteiger partial charge on any atom is 0.256 e. The lowest BCUT2D eigenvalue weighted by Crippen LogP contribution is -2.41. The molecule has 116 valence electrons. The number of aliphatic hydroxyl groups is 1. The zero-order valence-corrected chi connectivity index (χ0v) is 12.7. The van der Waals surface area contributed by atoms with Crippen molar-refractivity contribution in [1.29, 1.82) is 0 Å². The third-order valence-corrected chi connectivity index (χ3v) is 3.75. The van der Waals surface area contributed by atoms with Gasteiger partial charge >= 0.3 is 0 Å². The Morgan fingerprint density at radius 2 is 2.24 bits per heavy atom. The Morgan fingerprint density at radius 3 is 2.86 bits per heavy atom. The van der Waals surface area contributed by atoms with Crippen LogP contribution in [0.4, 0.5) is 5.69 Å². The average molecular weight is 293 g/mol. The number of nitrogens with zero attached hydrogens (tertiary/aromatic N) is 2. The number of amides is 1. The van der Waals surface area contributed by atoms with Crippen LogP contribution in [-0.4, -0.2) is 67.3 Å². The highest BCUT2D eigenvalue weighted by molar-refractivity contribution is 6.00. The van der Waals surface area contributed by atoms with Crippen molar-refractivity contribution in [3.05, 3.63) is 23.8 Å². The minimum Gasteiger partial charge on any atom is -0.495 e. The number of rotatable bonds is 4. The molecular formula is C15H23N3O3. The molecule has 2 rings (SSSR count). The smallest absolute Gasteiger partial charge is 0.256 e. The third kappa shape index (κ3) is 3.28. The van der Waals surface area contributed by atoms with Gasteiger partial charge in [0, 0.05) is 19.1 Å². The molecular weight excluding hydrogens is 270 g/mol. The van der Waals surface area contributed by atoms with E-state index in [9.17, 15) is 9.90 Å². The van der Waals surface area contributed by atoms with Gasteiger partial charge in [-0.05, 0) is 32.6 Å². The fraction of sp³-hybridized carbons (Fsp3) is 0.533. The van der Waals surface area contributed by atoms with E-state index in [1.165, 1.54) is 7.11 Å². The van der Waals surface area contributed by atoms with Crippen LogP contribution in [0, 0.1) is 0 Å². The number of carbonyl (C=O) groups excluding carboxylic acids is 1. The van der Waals surface area contributed by atoms with Gasteiger partial charge in [0.2, 0.25) is 0 Å². The maximum absolute atomic E-state index is 12.7. The van der Waals surface area contributed by atoms with Crippen molar-refractivity contribution >= 4 is 11.6 Å². The summed E-state index contributed by atoms with van der Waals surface area (Å²) in [6.45, 7) is 1.06. The quantitative estimate of drug-likeness (QED) is 0.786. The van der Waals surface area contributed by atoms with Crippen molar-refractivity contribution in [3.63, 3.8) is 0 Å². The first-order chi connectivity index (χ1) is 9.93. The summed E-state index contributed by atoms with van der Waals surface area (Å²) in [7, 11) is 5.43. The lowest BCUT2D eigenvalue weighted by Gasteiger charge is -2.27. The number of benzene rings is 1. The molecule has 0 saturated carbocycles. The number of nitrogens with two attached hydrogens (primary N) is 1. The maximum atomic E-state index is 12.7. The van der Waals surface area contributed by atoms with Crippen LogP contribution in [0.15, 0.2) is 18.2 Å². The zero-order valence-electron chi connectivity index (χ0n) is 12.7. The Balaban J connectivity index is 2.26. The first-order valence-corrected chi connectivity index (χ1v) is 7.00. The molecule has 0 aromatic heterocycles. The number of para-hydroxylation sites is 1. The van der Waals surface area contributed by atoms with Crippen molar-refractivity contribution < 1.29 is 14.6 Å². The van der Waals surface area contributed by atoms with Crippen molar-refractivity contribution in [2.75, 3.05) is 40.0 Å². The van der Waals surface area contributed by atoms with Gasteiger partial charge in [0.1, 0.15) is 5.75 Å². The molecule has 3 N–H and O–H groups in total. The molecule has 0 spiro atoms. The van der Waals surface area contributed by atoms with Crippen molar-refractivity contribution in [2.45, 2.75) is 18.6 Å². The molecule has 0 radical (unpaired) electrons. The van der Waals surface area contributed by atoms with Crippen molar-refractivity contribution in [1.82, 2.24) is 9.80 Å². The number of nitrogen functional groups attached to an aromatic ring is 1. The van der Waals surface area contributed by atoms with Crippen molar-refractivity contribution in [3.8, 4) is 5.75 Å². The average Bonchev–Trinajstić information content (AvgIpc) is 2.78. The summed E-state index contributed by atoms with van der Waals surface area (Å²) in [5.41, 5.74) is 6.76. The highest BCUT2D eigenvalue weighted by Gasteiger charge is 2.35. The topological polar surface area (TPSA) is 79.0 Å². The molecule has 1 aromatic rings. The first kappa shape index (κ1) is 15.6. The second-order valence-electron chi connectivity index (χ2n) is 5.68. The summed E-state index contributed by atoms with van der Waals surface area (Å²) in [5, 5.41) is 9.88. The fourth-order valence-corrected chi connectivity index (χ4v) is 2.80. The van der Waals surface area contributed by atoms with Crippen LogP contribution in [0.3, 0.4) is 0 Å². The van der Waals surface area contributed by atoms with E-state index in [1.54, 1.807) is 23.1 Å². The molecule has 6 heteroatoms. The van der Waals surface area contributed by atoms with Gasteiger partial charge in [-0.3, -0.25) is 4.79 Å². The number of carbonyl (C=O) groups is 1. The molecule has 1 heterocycles. The Hall–Kier alpha value is -1.79. The molecule has 1 aromatic carbocycles. The Labute approximate surface area is 125 Å². The van der Waals surface area contributed by atoms with Crippen molar-refractivity contribution in [2.24, 2.45) is 0 Å². The van der Waals surface area contributed by atoms with E-state index in [2.05, 4.69) is 0 Å². The molecule has 1 aliphatic rings. The normalized spacial score (nSPS) is 21.9. The summed E-state index contributed by atoms with van der Waals surface area (Å²) >= 11 is 0. The van der Waals surface area contributed by atoms with E-state index in [0.29, 0.717) is 36.5 Å². The summed E-state index contributed by atoms with van der Waals surface area (Å²) in [6, 6.07) is 5.16. The number of hydrogen-bond donors (Lipinski definition) is 2. The number of likely N-dealkylation sites (N-methyl/N-ethyl adjacent to an activating group) is 1. The molecule has 1 fully saturated rings. The summed E-state index contributed by atoms with van der Waals surface area (Å²) in [5.74, 6) is 0.333. The van der Waals surface area contributed by atoms with Crippen LogP contribution in [-0.2, 0) is 0 Å². The van der Waals surface area contributed by atoms with Gasteiger partial charge in [0.15, 0.2) is 0 Å². The number of β-amino-alcohol motifs (C(OH)–C–C–N with tert-alkyl or cyclic N) is 1. The third-order valence-electron chi connectivity index (χ3n) is 3.75. The largest absolute Gasteiger partial charge is 0.495 e. The number of anilines is 1. The first-order valence-electron chi connectivity index (χ1n) is 7.00. The minimum absolute atomic E-state index is 0.00639. The SMILES string of the molecule is COc1cccc(C(=O)N2CC(O)CC2CN(C)C)c1N. The minimum atomic E-state index is -0.481. The van der Waals surface area contributed by atoms with Gasteiger partial charge in [-0.15, -0.1) is 0 Å². The Bertz CT molecular complexity index is 519. The predicted molar refractivity (Wildman–Crippen MR) is 81.4 cm³/mol. The van der Waals surface area contributed by atoms with Gasteiger partial charge in [0.25, 0.3) is 5.91 Å². The van der Waals surface area contributed by atoms with E-state index in [0.717, 1.165) is 0 Å². The monoisotopic (exact) mass is 293 g/mol. The molecule has 1 amide bonds. The van der Waals surface area contributed by atoms with Crippen LogP contribution in [0.5, 0.6) is 5.75 Å². The van der Waals surface area contributed by atoms with Crippen LogP contribution in [0.25, 0.3) is 0 Å². The molecule has 21 heavy (non-hydrogen) atoms. The van der Waals surface area contributed by atoms with Crippen LogP contribution < -0.4 is 10.5 Å². The molecule has 2 unspecified atom stereocenters. The van der Waals surface area contributed by atoms with Crippen LogP contribution in [0.2, 0.25) is 0 Å². The number of likely N-dealkylation sites (tertiary alicyclic amines) is 1. The molecule has 1 aliphatic heterocycles. The van der Waals surface area contributed by atoms with E-state index < -0.39 is 6.10 Å². The van der Waals surface area contributed by atoms with E-state index >= 15 is 0 Å². The fourth-order valence-electron chi connectivity index (χ4n) is 2.80. The highest BCUT2D eigenvalue weighted by atomic mass is 16.5. The zero-order chi connectivity index (χ0) is 15.6. The standard InChI is InChI=1S/C15H23N3O3/c1-17(2)8-10-7-11(19)9-18(10)15(20)12-5-4-6-13(21-3)14(12)16/h4-6,10-11,19H,7-9,16H2,1-3H3.